The van der Waals surface area contributed by atoms with E-state index in [1.165, 1.54) is 0 Å². The number of carbonyl (C=O) groups is 1. The van der Waals surface area contributed by atoms with E-state index in [1.54, 1.807) is 28.7 Å². The fraction of sp³-hybridized carbons (Fsp3) is 0.167. The molecule has 0 saturated carbocycles. The van der Waals surface area contributed by atoms with Crippen LogP contribution in [0.4, 0.5) is 0 Å². The molecule has 0 spiro atoms. The lowest BCUT2D eigenvalue weighted by Gasteiger charge is -1.91. The molecule has 1 aromatic rings. The second kappa shape index (κ2) is 5.80. The van der Waals surface area contributed by atoms with Crippen molar-refractivity contribution in [2.75, 3.05) is 0 Å². The van der Waals surface area contributed by atoms with Gasteiger partial charge in [0.05, 0.1) is 0 Å². The SMILES string of the molecule is CC(/C=C/c1ccc[n+](C)c1)=C\C(=O)I. The Morgan fingerprint density at radius 2 is 2.27 bits per heavy atom. The monoisotopic (exact) mass is 314 g/mol. The highest BCUT2D eigenvalue weighted by atomic mass is 127. The molecule has 2 nitrogen and oxygen atoms in total. The van der Waals surface area contributed by atoms with E-state index >= 15 is 0 Å². The average Bonchev–Trinajstić information content (AvgIpc) is 2.14. The highest BCUT2D eigenvalue weighted by Crippen LogP contribution is 2.04. The molecule has 0 bridgehead atoms. The Morgan fingerprint density at radius 1 is 1.53 bits per heavy atom. The normalized spacial score (nSPS) is 12.1. The van der Waals surface area contributed by atoms with Gasteiger partial charge in [-0.15, -0.1) is 0 Å². The van der Waals surface area contributed by atoms with Crippen LogP contribution in [0, 0.1) is 0 Å². The van der Waals surface area contributed by atoms with E-state index in [-0.39, 0.29) is 3.79 Å². The van der Waals surface area contributed by atoms with Gasteiger partial charge in [-0.3, -0.25) is 4.79 Å². The summed E-state index contributed by atoms with van der Waals surface area (Å²) in [5, 5.41) is 0. The van der Waals surface area contributed by atoms with Crippen molar-refractivity contribution in [1.82, 2.24) is 0 Å². The molecular weight excluding hydrogens is 301 g/mol. The summed E-state index contributed by atoms with van der Waals surface area (Å²) in [7, 11) is 1.98. The molecule has 0 fully saturated rings. The van der Waals surface area contributed by atoms with Crippen LogP contribution in [0.25, 0.3) is 6.08 Å². The summed E-state index contributed by atoms with van der Waals surface area (Å²) in [6.45, 7) is 1.91. The van der Waals surface area contributed by atoms with Crippen LogP contribution in [0.1, 0.15) is 12.5 Å². The maximum absolute atomic E-state index is 10.8. The number of pyridine rings is 1. The Morgan fingerprint density at radius 3 is 2.87 bits per heavy atom. The van der Waals surface area contributed by atoms with Gasteiger partial charge in [-0.1, -0.05) is 6.08 Å². The van der Waals surface area contributed by atoms with Crippen LogP contribution >= 0.6 is 22.6 Å². The topological polar surface area (TPSA) is 20.9 Å². The van der Waals surface area contributed by atoms with E-state index in [1.807, 2.05) is 55.2 Å². The largest absolute Gasteiger partial charge is 0.283 e. The summed E-state index contributed by atoms with van der Waals surface area (Å²) >= 11 is 1.76. The van der Waals surface area contributed by atoms with Crippen LogP contribution in [0.3, 0.4) is 0 Å². The van der Waals surface area contributed by atoms with Crippen molar-refractivity contribution in [3.8, 4) is 0 Å². The van der Waals surface area contributed by atoms with E-state index < -0.39 is 0 Å². The van der Waals surface area contributed by atoms with Crippen LogP contribution in [0.15, 0.2) is 42.3 Å². The van der Waals surface area contributed by atoms with Crippen molar-refractivity contribution in [1.29, 1.82) is 0 Å². The highest BCUT2D eigenvalue weighted by Gasteiger charge is 1.93. The number of rotatable bonds is 3. The number of carbonyl (C=O) groups excluding carboxylic acids is 1. The molecule has 78 valence electrons. The number of aryl methyl sites for hydroxylation is 1. The van der Waals surface area contributed by atoms with E-state index in [9.17, 15) is 4.79 Å². The number of hydrogen-bond acceptors (Lipinski definition) is 1. The minimum absolute atomic E-state index is 0.0494. The van der Waals surface area contributed by atoms with Crippen molar-refractivity contribution >= 4 is 32.5 Å². The molecule has 0 amide bonds. The van der Waals surface area contributed by atoms with Crippen LogP contribution in [-0.2, 0) is 11.8 Å². The molecule has 1 rings (SSSR count). The van der Waals surface area contributed by atoms with Gasteiger partial charge in [0, 0.05) is 34.2 Å². The molecule has 0 aliphatic carbocycles. The molecule has 1 heterocycles. The quantitative estimate of drug-likeness (QED) is 0.276. The van der Waals surface area contributed by atoms with Gasteiger partial charge < -0.3 is 0 Å². The lowest BCUT2D eigenvalue weighted by molar-refractivity contribution is -0.671. The zero-order valence-corrected chi connectivity index (χ0v) is 10.9. The predicted molar refractivity (Wildman–Crippen MR) is 69.4 cm³/mol. The summed E-state index contributed by atoms with van der Waals surface area (Å²) in [5.41, 5.74) is 2.08. The summed E-state index contributed by atoms with van der Waals surface area (Å²) in [6, 6.07) is 4.01. The fourth-order valence-electron chi connectivity index (χ4n) is 1.16. The van der Waals surface area contributed by atoms with Gasteiger partial charge in [0.1, 0.15) is 7.05 Å². The van der Waals surface area contributed by atoms with Crippen LogP contribution in [0.2, 0.25) is 0 Å². The van der Waals surface area contributed by atoms with Crippen molar-refractivity contribution in [2.24, 2.45) is 7.05 Å². The zero-order valence-electron chi connectivity index (χ0n) is 8.77. The third-order valence-electron chi connectivity index (χ3n) is 1.84. The first kappa shape index (κ1) is 12.1. The summed E-state index contributed by atoms with van der Waals surface area (Å²) in [4.78, 5) is 10.8. The number of halogens is 1. The smallest absolute Gasteiger partial charge is 0.215 e. The third-order valence-corrected chi connectivity index (χ3v) is 2.15. The molecule has 15 heavy (non-hydrogen) atoms. The number of allylic oxidation sites excluding steroid dienone is 3. The van der Waals surface area contributed by atoms with Gasteiger partial charge in [-0.05, 0) is 30.7 Å². The second-order valence-corrected chi connectivity index (χ2v) is 4.39. The van der Waals surface area contributed by atoms with Crippen molar-refractivity contribution in [3.05, 3.63) is 47.8 Å². The van der Waals surface area contributed by atoms with E-state index in [0.717, 1.165) is 11.1 Å². The first-order valence-electron chi connectivity index (χ1n) is 4.59. The molecule has 0 saturated heterocycles. The minimum Gasteiger partial charge on any atom is -0.283 e. The number of nitrogens with zero attached hydrogens (tertiary/aromatic N) is 1. The molecule has 0 aromatic carbocycles. The molecule has 0 atom stereocenters. The van der Waals surface area contributed by atoms with Crippen LogP contribution < -0.4 is 4.57 Å². The van der Waals surface area contributed by atoms with Crippen molar-refractivity contribution < 1.29 is 9.36 Å². The Balaban J connectivity index is 2.78. The van der Waals surface area contributed by atoms with E-state index in [4.69, 9.17) is 0 Å². The number of aromatic nitrogens is 1. The van der Waals surface area contributed by atoms with Crippen molar-refractivity contribution in [2.45, 2.75) is 6.92 Å². The van der Waals surface area contributed by atoms with Crippen LogP contribution in [-0.4, -0.2) is 3.79 Å². The maximum Gasteiger partial charge on any atom is 0.215 e. The average molecular weight is 314 g/mol. The van der Waals surface area contributed by atoms with Gasteiger partial charge in [-0.2, -0.15) is 0 Å². The fourth-order valence-corrected chi connectivity index (χ4v) is 1.66. The molecule has 0 unspecified atom stereocenters. The Labute approximate surface area is 103 Å². The molecule has 1 aromatic heterocycles. The minimum atomic E-state index is 0.0494. The van der Waals surface area contributed by atoms with Gasteiger partial charge in [0.2, 0.25) is 3.79 Å². The Bertz CT molecular complexity index is 421. The zero-order chi connectivity index (χ0) is 11.3. The van der Waals surface area contributed by atoms with E-state index in [2.05, 4.69) is 0 Å². The highest BCUT2D eigenvalue weighted by molar-refractivity contribution is 14.1. The van der Waals surface area contributed by atoms with Crippen molar-refractivity contribution in [3.63, 3.8) is 0 Å². The second-order valence-electron chi connectivity index (χ2n) is 3.33. The van der Waals surface area contributed by atoms with Gasteiger partial charge in [0.25, 0.3) is 0 Å². The number of hydrogen-bond donors (Lipinski definition) is 0. The van der Waals surface area contributed by atoms with E-state index in [0.29, 0.717) is 0 Å². The molecular formula is C12H13INO+. The third kappa shape index (κ3) is 4.88. The lowest BCUT2D eigenvalue weighted by atomic mass is 10.2. The lowest BCUT2D eigenvalue weighted by Crippen LogP contribution is -2.26. The van der Waals surface area contributed by atoms with Gasteiger partial charge in [0.15, 0.2) is 12.4 Å². The summed E-state index contributed by atoms with van der Waals surface area (Å²) in [6.07, 6.45) is 9.54. The first-order chi connectivity index (χ1) is 7.08. The van der Waals surface area contributed by atoms with Gasteiger partial charge >= 0.3 is 0 Å². The molecule has 0 aliphatic rings. The maximum atomic E-state index is 10.8. The first-order valence-corrected chi connectivity index (χ1v) is 5.67. The molecule has 0 aliphatic heterocycles. The molecule has 0 N–H and O–H groups in total. The Hall–Kier alpha value is -0.970. The Kier molecular flexibility index (Phi) is 4.68. The predicted octanol–water partition coefficient (Wildman–Crippen LogP) is 2.43. The summed E-state index contributed by atoms with van der Waals surface area (Å²) in [5.74, 6) is 0. The summed E-state index contributed by atoms with van der Waals surface area (Å²) < 4.78 is 2.04. The molecule has 0 radical (unpaired) electrons. The standard InChI is InChI=1S/C12H13INO/c1-10(8-12(13)15)5-6-11-4-3-7-14(2)9-11/h3-9H,1-2H3/q+1/b6-5+,10-8+. The molecule has 3 heteroatoms. The van der Waals surface area contributed by atoms with Gasteiger partial charge in [-0.25, -0.2) is 4.57 Å². The van der Waals surface area contributed by atoms with Crippen LogP contribution in [0.5, 0.6) is 0 Å².